The normalized spacial score (nSPS) is 29.0. The second-order valence-corrected chi connectivity index (χ2v) is 6.50. The van der Waals surface area contributed by atoms with Gasteiger partial charge < -0.3 is 10.2 Å². The van der Waals surface area contributed by atoms with Crippen LogP contribution in [0.4, 0.5) is 0 Å². The summed E-state index contributed by atoms with van der Waals surface area (Å²) in [4.78, 5) is 5.22. The Morgan fingerprint density at radius 3 is 2.39 bits per heavy atom. The lowest BCUT2D eigenvalue weighted by molar-refractivity contribution is 0.202. The second-order valence-electron chi connectivity index (χ2n) is 6.50. The van der Waals surface area contributed by atoms with Crippen LogP contribution in [0.5, 0.6) is 0 Å². The van der Waals surface area contributed by atoms with E-state index >= 15 is 0 Å². The van der Waals surface area contributed by atoms with Gasteiger partial charge in [-0.1, -0.05) is 6.42 Å². The van der Waals surface area contributed by atoms with Crippen LogP contribution in [0, 0.1) is 0 Å². The van der Waals surface area contributed by atoms with Crippen LogP contribution >= 0.6 is 0 Å². The van der Waals surface area contributed by atoms with E-state index in [-0.39, 0.29) is 0 Å². The minimum atomic E-state index is 0.639. The number of piperidine rings is 1. The second kappa shape index (κ2) is 6.88. The van der Waals surface area contributed by atoms with Crippen molar-refractivity contribution in [2.24, 2.45) is 0 Å². The van der Waals surface area contributed by atoms with Gasteiger partial charge in [0.2, 0.25) is 0 Å². The molecule has 0 radical (unpaired) electrons. The SMILES string of the molecule is CC(CN1CCCCC1)NC1CCN(C(C)C)C1. The van der Waals surface area contributed by atoms with Crippen LogP contribution in [0.2, 0.25) is 0 Å². The first kappa shape index (κ1) is 14.3. The number of likely N-dealkylation sites (tertiary alicyclic amines) is 2. The summed E-state index contributed by atoms with van der Waals surface area (Å²) in [7, 11) is 0. The summed E-state index contributed by atoms with van der Waals surface area (Å²) in [6.07, 6.45) is 5.56. The van der Waals surface area contributed by atoms with Crippen LogP contribution in [0.3, 0.4) is 0 Å². The average Bonchev–Trinajstić information content (AvgIpc) is 2.78. The highest BCUT2D eigenvalue weighted by molar-refractivity contribution is 4.85. The molecule has 2 rings (SSSR count). The van der Waals surface area contributed by atoms with Crippen LogP contribution in [0.25, 0.3) is 0 Å². The van der Waals surface area contributed by atoms with Crippen LogP contribution in [0.1, 0.15) is 46.5 Å². The molecule has 18 heavy (non-hydrogen) atoms. The molecule has 0 saturated carbocycles. The molecule has 3 nitrogen and oxygen atoms in total. The lowest BCUT2D eigenvalue weighted by Gasteiger charge is -2.30. The zero-order valence-corrected chi connectivity index (χ0v) is 12.5. The number of hydrogen-bond acceptors (Lipinski definition) is 3. The van der Waals surface area contributed by atoms with E-state index in [1.54, 1.807) is 0 Å². The molecule has 2 aliphatic heterocycles. The molecular formula is C15H31N3. The first-order chi connectivity index (χ1) is 8.65. The molecule has 2 unspecified atom stereocenters. The summed E-state index contributed by atoms with van der Waals surface area (Å²) in [5, 5.41) is 3.83. The molecule has 2 heterocycles. The number of hydrogen-bond donors (Lipinski definition) is 1. The van der Waals surface area contributed by atoms with Crippen molar-refractivity contribution in [2.45, 2.75) is 64.6 Å². The van der Waals surface area contributed by atoms with Crippen LogP contribution in [-0.4, -0.2) is 60.6 Å². The van der Waals surface area contributed by atoms with Gasteiger partial charge in [0.25, 0.3) is 0 Å². The molecule has 2 fully saturated rings. The Bertz CT molecular complexity index is 236. The van der Waals surface area contributed by atoms with Crippen molar-refractivity contribution in [3.05, 3.63) is 0 Å². The summed E-state index contributed by atoms with van der Waals surface area (Å²) in [5.74, 6) is 0. The first-order valence-corrected chi connectivity index (χ1v) is 7.87. The van der Waals surface area contributed by atoms with E-state index in [0.717, 1.165) is 0 Å². The minimum absolute atomic E-state index is 0.639. The maximum absolute atomic E-state index is 3.83. The lowest BCUT2D eigenvalue weighted by Crippen LogP contribution is -2.46. The Hall–Kier alpha value is -0.120. The van der Waals surface area contributed by atoms with Gasteiger partial charge in [-0.25, -0.2) is 0 Å². The van der Waals surface area contributed by atoms with Gasteiger partial charge in [0, 0.05) is 31.2 Å². The molecule has 2 atom stereocenters. The van der Waals surface area contributed by atoms with E-state index in [1.165, 1.54) is 58.4 Å². The zero-order valence-electron chi connectivity index (χ0n) is 12.5. The highest BCUT2D eigenvalue weighted by Gasteiger charge is 2.25. The Morgan fingerprint density at radius 2 is 1.78 bits per heavy atom. The Balaban J connectivity index is 1.66. The minimum Gasteiger partial charge on any atom is -0.309 e. The molecular weight excluding hydrogens is 222 g/mol. The van der Waals surface area contributed by atoms with Gasteiger partial charge in [-0.05, 0) is 59.7 Å². The number of nitrogens with zero attached hydrogens (tertiary/aromatic N) is 2. The first-order valence-electron chi connectivity index (χ1n) is 7.87. The largest absolute Gasteiger partial charge is 0.309 e. The van der Waals surface area contributed by atoms with E-state index in [4.69, 9.17) is 0 Å². The highest BCUT2D eigenvalue weighted by Crippen LogP contribution is 2.14. The van der Waals surface area contributed by atoms with Gasteiger partial charge in [-0.15, -0.1) is 0 Å². The molecule has 2 saturated heterocycles. The van der Waals surface area contributed by atoms with Gasteiger partial charge in [-0.2, -0.15) is 0 Å². The molecule has 0 aromatic heterocycles. The van der Waals surface area contributed by atoms with E-state index in [9.17, 15) is 0 Å². The summed E-state index contributed by atoms with van der Waals surface area (Å²) >= 11 is 0. The Kier molecular flexibility index (Phi) is 5.46. The lowest BCUT2D eigenvalue weighted by atomic mass is 10.1. The molecule has 0 aliphatic carbocycles. The molecule has 106 valence electrons. The van der Waals surface area contributed by atoms with E-state index in [1.807, 2.05) is 0 Å². The predicted molar refractivity (Wildman–Crippen MR) is 78.0 cm³/mol. The van der Waals surface area contributed by atoms with Crippen LogP contribution in [-0.2, 0) is 0 Å². The molecule has 0 bridgehead atoms. The van der Waals surface area contributed by atoms with Gasteiger partial charge >= 0.3 is 0 Å². The Morgan fingerprint density at radius 1 is 1.06 bits per heavy atom. The number of rotatable bonds is 5. The number of nitrogens with one attached hydrogen (secondary N) is 1. The maximum Gasteiger partial charge on any atom is 0.0210 e. The van der Waals surface area contributed by atoms with E-state index in [2.05, 4.69) is 35.9 Å². The summed E-state index contributed by atoms with van der Waals surface area (Å²) in [5.41, 5.74) is 0. The van der Waals surface area contributed by atoms with Crippen LogP contribution < -0.4 is 5.32 Å². The quantitative estimate of drug-likeness (QED) is 0.808. The third kappa shape index (κ3) is 4.22. The van der Waals surface area contributed by atoms with Crippen molar-refractivity contribution < 1.29 is 0 Å². The molecule has 1 N–H and O–H groups in total. The molecule has 0 amide bonds. The third-order valence-electron chi connectivity index (χ3n) is 4.45. The predicted octanol–water partition coefficient (Wildman–Crippen LogP) is 1.93. The van der Waals surface area contributed by atoms with Crippen molar-refractivity contribution in [3.63, 3.8) is 0 Å². The summed E-state index contributed by atoms with van der Waals surface area (Å²) in [6.45, 7) is 13.3. The van der Waals surface area contributed by atoms with Crippen molar-refractivity contribution in [2.75, 3.05) is 32.7 Å². The molecule has 0 aromatic carbocycles. The van der Waals surface area contributed by atoms with Crippen molar-refractivity contribution >= 4 is 0 Å². The van der Waals surface area contributed by atoms with E-state index < -0.39 is 0 Å². The smallest absolute Gasteiger partial charge is 0.0210 e. The molecule has 2 aliphatic rings. The van der Waals surface area contributed by atoms with Gasteiger partial charge in [-0.3, -0.25) is 4.90 Å². The standard InChI is InChI=1S/C15H31N3/c1-13(2)18-10-7-15(12-18)16-14(3)11-17-8-5-4-6-9-17/h13-16H,4-12H2,1-3H3. The summed E-state index contributed by atoms with van der Waals surface area (Å²) < 4.78 is 0. The molecule has 3 heteroatoms. The topological polar surface area (TPSA) is 18.5 Å². The van der Waals surface area contributed by atoms with Gasteiger partial charge in [0.05, 0.1) is 0 Å². The fraction of sp³-hybridized carbons (Fsp3) is 1.00. The molecule has 0 spiro atoms. The zero-order chi connectivity index (χ0) is 13.0. The fourth-order valence-corrected chi connectivity index (χ4v) is 3.38. The maximum atomic E-state index is 3.83. The van der Waals surface area contributed by atoms with E-state index in [0.29, 0.717) is 18.1 Å². The monoisotopic (exact) mass is 253 g/mol. The van der Waals surface area contributed by atoms with Gasteiger partial charge in [0.1, 0.15) is 0 Å². The summed E-state index contributed by atoms with van der Waals surface area (Å²) in [6, 6.07) is 2.06. The fourth-order valence-electron chi connectivity index (χ4n) is 3.38. The average molecular weight is 253 g/mol. The Labute approximate surface area is 113 Å². The van der Waals surface area contributed by atoms with Gasteiger partial charge in [0.15, 0.2) is 0 Å². The van der Waals surface area contributed by atoms with Crippen molar-refractivity contribution in [1.29, 1.82) is 0 Å². The molecule has 0 aromatic rings. The highest BCUT2D eigenvalue weighted by atomic mass is 15.2. The van der Waals surface area contributed by atoms with Crippen molar-refractivity contribution in [3.8, 4) is 0 Å². The van der Waals surface area contributed by atoms with Crippen LogP contribution in [0.15, 0.2) is 0 Å². The van der Waals surface area contributed by atoms with Crippen molar-refractivity contribution in [1.82, 2.24) is 15.1 Å². The third-order valence-corrected chi connectivity index (χ3v) is 4.45.